The van der Waals surface area contributed by atoms with E-state index in [1.54, 1.807) is 0 Å². The molecule has 0 unspecified atom stereocenters. The van der Waals surface area contributed by atoms with Crippen LogP contribution in [0.25, 0.3) is 0 Å². The molecule has 2 N–H and O–H groups in total. The van der Waals surface area contributed by atoms with Crippen LogP contribution in [0.4, 0.5) is 4.39 Å². The molecule has 1 aromatic heterocycles. The number of rotatable bonds is 6. The Morgan fingerprint density at radius 3 is 2.73 bits per heavy atom. The molecule has 8 heteroatoms. The first-order chi connectivity index (χ1) is 12.5. The summed E-state index contributed by atoms with van der Waals surface area (Å²) in [5.41, 5.74) is 0.0319. The number of aryl methyl sites for hydroxylation is 1. The predicted octanol–water partition coefficient (Wildman–Crippen LogP) is 0.906. The Balaban J connectivity index is 1.72. The number of hydrogen-bond donors (Lipinski definition) is 2. The Labute approximate surface area is 149 Å². The number of halogens is 1. The normalized spacial score (nSPS) is 25.5. The highest BCUT2D eigenvalue weighted by Gasteiger charge is 2.45. The second-order valence-corrected chi connectivity index (χ2v) is 6.35. The molecule has 1 aliphatic heterocycles. The van der Waals surface area contributed by atoms with Gasteiger partial charge in [0, 0.05) is 17.7 Å². The molecule has 4 atom stereocenters. The van der Waals surface area contributed by atoms with Gasteiger partial charge in [-0.15, -0.1) is 0 Å². The van der Waals surface area contributed by atoms with E-state index in [0.717, 1.165) is 10.1 Å². The van der Waals surface area contributed by atoms with Gasteiger partial charge in [-0.1, -0.05) is 30.3 Å². The van der Waals surface area contributed by atoms with E-state index in [0.29, 0.717) is 12.2 Å². The zero-order valence-corrected chi connectivity index (χ0v) is 14.3. The van der Waals surface area contributed by atoms with Crippen molar-refractivity contribution in [1.29, 1.82) is 0 Å². The molecule has 0 spiro atoms. The van der Waals surface area contributed by atoms with Gasteiger partial charge in [0.05, 0.1) is 26.0 Å². The lowest BCUT2D eigenvalue weighted by atomic mass is 10.00. The molecule has 3 rings (SSSR count). The fourth-order valence-electron chi connectivity index (χ4n) is 3.02. The average molecular weight is 364 g/mol. The average Bonchev–Trinajstić information content (AvgIpc) is 2.94. The Morgan fingerprint density at radius 1 is 1.31 bits per heavy atom. The van der Waals surface area contributed by atoms with Gasteiger partial charge in [-0.3, -0.25) is 18.7 Å². The van der Waals surface area contributed by atoms with Crippen LogP contribution in [0.3, 0.4) is 0 Å². The smallest absolute Gasteiger partial charge is 0.330 e. The molecule has 1 saturated heterocycles. The van der Waals surface area contributed by atoms with Crippen LogP contribution in [0.15, 0.2) is 46.1 Å². The molecule has 1 aromatic carbocycles. The third-order valence-electron chi connectivity index (χ3n) is 4.51. The van der Waals surface area contributed by atoms with E-state index < -0.39 is 42.3 Å². The van der Waals surface area contributed by atoms with E-state index in [2.05, 4.69) is 4.98 Å². The van der Waals surface area contributed by atoms with E-state index in [-0.39, 0.29) is 6.61 Å². The zero-order chi connectivity index (χ0) is 18.7. The highest BCUT2D eigenvalue weighted by molar-refractivity contribution is 5.13. The summed E-state index contributed by atoms with van der Waals surface area (Å²) < 4.78 is 25.8. The van der Waals surface area contributed by atoms with Gasteiger partial charge in [-0.25, -0.2) is 4.79 Å². The van der Waals surface area contributed by atoms with Crippen LogP contribution in [0.1, 0.15) is 17.4 Å². The minimum Gasteiger partial charge on any atom is -0.388 e. The van der Waals surface area contributed by atoms with Gasteiger partial charge in [0.15, 0.2) is 6.23 Å². The number of hydrogen-bond acceptors (Lipinski definition) is 5. The molecular weight excluding hydrogens is 343 g/mol. The van der Waals surface area contributed by atoms with Gasteiger partial charge in [0.25, 0.3) is 5.56 Å². The molecule has 2 aromatic rings. The fourth-order valence-corrected chi connectivity index (χ4v) is 3.02. The highest BCUT2D eigenvalue weighted by atomic mass is 19.1. The van der Waals surface area contributed by atoms with Crippen molar-refractivity contribution in [3.8, 4) is 0 Å². The van der Waals surface area contributed by atoms with Gasteiger partial charge in [-0.05, 0) is 12.5 Å². The van der Waals surface area contributed by atoms with Crippen molar-refractivity contribution in [3.05, 3.63) is 68.5 Å². The van der Waals surface area contributed by atoms with Crippen LogP contribution in [-0.4, -0.2) is 40.1 Å². The second kappa shape index (κ2) is 7.94. The topological polar surface area (TPSA) is 93.6 Å². The number of benzene rings is 1. The molecule has 140 valence electrons. The Morgan fingerprint density at radius 2 is 2.04 bits per heavy atom. The van der Waals surface area contributed by atoms with Crippen LogP contribution in [0, 0.1) is 12.8 Å². The number of ether oxygens (including phenoxy) is 2. The van der Waals surface area contributed by atoms with E-state index in [4.69, 9.17) is 9.47 Å². The van der Waals surface area contributed by atoms with Crippen LogP contribution in [0.5, 0.6) is 0 Å². The number of nitrogens with zero attached hydrogens (tertiary/aromatic N) is 1. The van der Waals surface area contributed by atoms with Gasteiger partial charge < -0.3 is 14.6 Å². The number of alkyl halides is 1. The van der Waals surface area contributed by atoms with Gasteiger partial charge in [0.2, 0.25) is 0 Å². The largest absolute Gasteiger partial charge is 0.388 e. The molecule has 2 heterocycles. The maximum absolute atomic E-state index is 13.4. The van der Waals surface area contributed by atoms with E-state index in [1.165, 1.54) is 13.1 Å². The minimum absolute atomic E-state index is 0.0775. The quantitative estimate of drug-likeness (QED) is 0.795. The summed E-state index contributed by atoms with van der Waals surface area (Å²) in [6.07, 6.45) is -1.71. The summed E-state index contributed by atoms with van der Waals surface area (Å²) >= 11 is 0. The summed E-state index contributed by atoms with van der Waals surface area (Å²) in [6, 6.07) is 9.48. The summed E-state index contributed by atoms with van der Waals surface area (Å²) in [5.74, 6) is -0.824. The lowest BCUT2D eigenvalue weighted by Gasteiger charge is -2.18. The maximum atomic E-state index is 13.4. The summed E-state index contributed by atoms with van der Waals surface area (Å²) in [7, 11) is 0. The van der Waals surface area contributed by atoms with Gasteiger partial charge in [-0.2, -0.15) is 0 Å². The SMILES string of the molecule is Cc1cn([C@@H]2O[C@H](COCc3ccccc3)[C@@H](CF)[C@@H]2O)c(=O)[nH]c1=O. The molecule has 0 bridgehead atoms. The van der Waals surface area contributed by atoms with Crippen molar-refractivity contribution in [2.45, 2.75) is 32.0 Å². The number of nitrogens with one attached hydrogen (secondary N) is 1. The van der Waals surface area contributed by atoms with Crippen molar-refractivity contribution in [2.24, 2.45) is 5.92 Å². The van der Waals surface area contributed by atoms with Gasteiger partial charge in [0.1, 0.15) is 6.10 Å². The number of aliphatic hydroxyl groups excluding tert-OH is 1. The lowest BCUT2D eigenvalue weighted by Crippen LogP contribution is -2.37. The Hall–Kier alpha value is -2.29. The van der Waals surface area contributed by atoms with Crippen LogP contribution in [0.2, 0.25) is 0 Å². The van der Waals surface area contributed by atoms with Crippen molar-refractivity contribution in [3.63, 3.8) is 0 Å². The molecule has 26 heavy (non-hydrogen) atoms. The number of aromatic amines is 1. The Kier molecular flexibility index (Phi) is 5.65. The molecular formula is C18H21FN2O5. The summed E-state index contributed by atoms with van der Waals surface area (Å²) in [6.45, 7) is 1.13. The van der Waals surface area contributed by atoms with E-state index in [1.807, 2.05) is 30.3 Å². The van der Waals surface area contributed by atoms with Crippen LogP contribution >= 0.6 is 0 Å². The predicted molar refractivity (Wildman–Crippen MR) is 91.5 cm³/mol. The first-order valence-electron chi connectivity index (χ1n) is 8.34. The molecule has 0 radical (unpaired) electrons. The van der Waals surface area contributed by atoms with Crippen molar-refractivity contribution in [2.75, 3.05) is 13.3 Å². The maximum Gasteiger partial charge on any atom is 0.330 e. The lowest BCUT2D eigenvalue weighted by molar-refractivity contribution is -0.0678. The van der Waals surface area contributed by atoms with E-state index in [9.17, 15) is 19.1 Å². The monoisotopic (exact) mass is 364 g/mol. The number of aliphatic hydroxyl groups is 1. The zero-order valence-electron chi connectivity index (χ0n) is 14.3. The van der Waals surface area contributed by atoms with Gasteiger partial charge >= 0.3 is 5.69 Å². The van der Waals surface area contributed by atoms with E-state index >= 15 is 0 Å². The molecule has 7 nitrogen and oxygen atoms in total. The standard InChI is InChI=1S/C18H21FN2O5/c1-11-8-21(18(24)20-16(11)23)17-15(22)13(7-19)14(26-17)10-25-9-12-5-3-2-4-6-12/h2-6,8,13-15,17,22H,7,9-10H2,1H3,(H,20,23,24)/t13-,14-,15+,17-/m1/s1. The molecule has 1 aliphatic rings. The Bertz CT molecular complexity index is 851. The van der Waals surface area contributed by atoms with Crippen molar-refractivity contribution < 1.29 is 19.0 Å². The first-order valence-corrected chi connectivity index (χ1v) is 8.34. The third kappa shape index (κ3) is 3.77. The van der Waals surface area contributed by atoms with Crippen molar-refractivity contribution in [1.82, 2.24) is 9.55 Å². The molecule has 0 aliphatic carbocycles. The number of H-pyrrole nitrogens is 1. The third-order valence-corrected chi connectivity index (χ3v) is 4.51. The first kappa shape index (κ1) is 18.5. The number of aromatic nitrogens is 2. The highest BCUT2D eigenvalue weighted by Crippen LogP contribution is 2.33. The molecule has 0 amide bonds. The fraction of sp³-hybridized carbons (Fsp3) is 0.444. The minimum atomic E-state index is -1.23. The molecule has 1 fully saturated rings. The van der Waals surface area contributed by atoms with Crippen LogP contribution in [-0.2, 0) is 16.1 Å². The second-order valence-electron chi connectivity index (χ2n) is 6.35. The molecule has 0 saturated carbocycles. The van der Waals surface area contributed by atoms with Crippen molar-refractivity contribution >= 4 is 0 Å². The van der Waals surface area contributed by atoms with Crippen LogP contribution < -0.4 is 11.2 Å². The summed E-state index contributed by atoms with van der Waals surface area (Å²) in [5, 5.41) is 10.4. The summed E-state index contributed by atoms with van der Waals surface area (Å²) in [4.78, 5) is 25.7.